The molecule has 0 bridgehead atoms. The first-order chi connectivity index (χ1) is 23.1. The van der Waals surface area contributed by atoms with Crippen LogP contribution >= 0.6 is 0 Å². The van der Waals surface area contributed by atoms with Crippen molar-refractivity contribution in [3.63, 3.8) is 0 Å². The van der Waals surface area contributed by atoms with Crippen LogP contribution in [0.1, 0.15) is 61.1 Å². The molecule has 48 heavy (non-hydrogen) atoms. The fourth-order valence-electron chi connectivity index (χ4n) is 6.18. The van der Waals surface area contributed by atoms with E-state index in [1.165, 1.54) is 4.90 Å². The van der Waals surface area contributed by atoms with Crippen LogP contribution < -0.4 is 15.4 Å². The first-order valence-electron chi connectivity index (χ1n) is 16.2. The second kappa shape index (κ2) is 13.7. The molecule has 2 aliphatic rings. The molecule has 4 amide bonds. The Morgan fingerprint density at radius 1 is 0.938 bits per heavy atom. The van der Waals surface area contributed by atoms with E-state index in [0.717, 1.165) is 39.1 Å². The fraction of sp³-hybridized carbons (Fsp3) is 0.282. The Kier molecular flexibility index (Phi) is 9.30. The van der Waals surface area contributed by atoms with Crippen LogP contribution in [0.5, 0.6) is 5.75 Å². The molecule has 0 aliphatic carbocycles. The topological polar surface area (TPSA) is 109 Å². The Morgan fingerprint density at radius 2 is 1.69 bits per heavy atom. The van der Waals surface area contributed by atoms with Crippen LogP contribution in [0, 0.1) is 5.41 Å². The van der Waals surface area contributed by atoms with E-state index in [-0.39, 0.29) is 24.1 Å². The van der Waals surface area contributed by atoms with Crippen molar-refractivity contribution in [3.8, 4) is 5.75 Å². The third-order valence-electron chi connectivity index (χ3n) is 8.70. The van der Waals surface area contributed by atoms with Crippen molar-refractivity contribution in [2.45, 2.75) is 52.1 Å². The fourth-order valence-corrected chi connectivity index (χ4v) is 6.18. The number of hydrogen-bond acceptors (Lipinski definition) is 6. The minimum Gasteiger partial charge on any atom is -0.496 e. The van der Waals surface area contributed by atoms with Crippen molar-refractivity contribution in [3.05, 3.63) is 119 Å². The molecule has 246 valence electrons. The van der Waals surface area contributed by atoms with Gasteiger partial charge in [0.2, 0.25) is 0 Å². The number of imide groups is 1. The van der Waals surface area contributed by atoms with Gasteiger partial charge < -0.3 is 20.1 Å². The Balaban J connectivity index is 1.16. The van der Waals surface area contributed by atoms with Crippen LogP contribution in [0.3, 0.4) is 0 Å². The molecule has 0 radical (unpaired) electrons. The summed E-state index contributed by atoms with van der Waals surface area (Å²) in [5.41, 5.74) is 4.29. The van der Waals surface area contributed by atoms with Gasteiger partial charge in [0.15, 0.2) is 0 Å². The average molecular weight is 645 g/mol. The highest BCUT2D eigenvalue weighted by Crippen LogP contribution is 2.32. The monoisotopic (exact) mass is 644 g/mol. The molecule has 4 aromatic carbocycles. The number of amides is 4. The lowest BCUT2D eigenvalue weighted by Gasteiger charge is -2.21. The number of cyclic esters (lactones) is 1. The van der Waals surface area contributed by atoms with Crippen LogP contribution in [0.25, 0.3) is 10.8 Å². The molecule has 4 aromatic rings. The number of methoxy groups -OCH3 is 1. The van der Waals surface area contributed by atoms with Gasteiger partial charge in [0, 0.05) is 33.2 Å². The summed E-state index contributed by atoms with van der Waals surface area (Å²) >= 11 is 0. The molecule has 0 saturated carbocycles. The van der Waals surface area contributed by atoms with E-state index < -0.39 is 18.0 Å². The molecule has 0 spiro atoms. The minimum atomic E-state index is -0.641. The van der Waals surface area contributed by atoms with Crippen molar-refractivity contribution >= 4 is 40.2 Å². The number of benzene rings is 4. The molecule has 9 nitrogen and oxygen atoms in total. The maximum absolute atomic E-state index is 13.6. The standard InChI is InChI=1S/C39H40N4O5/c1-39(2,3)35-23-29(41-37(45)42-32-19-20-34(47-4)31-16-9-8-15-30(31)32)18-17-28(40-35)22-25-11-10-14-27(21-25)36(44)43-33(24-48-38(43)46)26-12-6-5-7-13-26/h5-16,19-21,23,28,33H,17-18,22,24H2,1-4H3,(H2,41,42,45)/t28?,33-/m0/s1. The number of anilines is 1. The van der Waals surface area contributed by atoms with Crippen LogP contribution in [-0.4, -0.2) is 48.4 Å². The van der Waals surface area contributed by atoms with Gasteiger partial charge >= 0.3 is 12.1 Å². The van der Waals surface area contributed by atoms with E-state index >= 15 is 0 Å². The number of hydrogen-bond donors (Lipinski definition) is 2. The summed E-state index contributed by atoms with van der Waals surface area (Å²) in [5.74, 6) is 0.349. The highest BCUT2D eigenvalue weighted by atomic mass is 16.6. The van der Waals surface area contributed by atoms with Crippen molar-refractivity contribution in [2.24, 2.45) is 10.4 Å². The number of urea groups is 1. The zero-order valence-corrected chi connectivity index (χ0v) is 27.7. The predicted molar refractivity (Wildman–Crippen MR) is 187 cm³/mol. The third kappa shape index (κ3) is 7.10. The Labute approximate surface area is 280 Å². The van der Waals surface area contributed by atoms with Crippen molar-refractivity contribution in [1.82, 2.24) is 10.2 Å². The molecule has 1 unspecified atom stereocenters. The van der Waals surface area contributed by atoms with Gasteiger partial charge in [-0.15, -0.1) is 0 Å². The number of nitrogens with zero attached hydrogens (tertiary/aromatic N) is 2. The van der Waals surface area contributed by atoms with Gasteiger partial charge in [0.25, 0.3) is 5.91 Å². The summed E-state index contributed by atoms with van der Waals surface area (Å²) < 4.78 is 10.8. The van der Waals surface area contributed by atoms with Crippen LogP contribution in [-0.2, 0) is 11.2 Å². The first kappa shape index (κ1) is 32.5. The summed E-state index contributed by atoms with van der Waals surface area (Å²) in [5, 5.41) is 7.88. The van der Waals surface area contributed by atoms with E-state index in [9.17, 15) is 14.4 Å². The quantitative estimate of drug-likeness (QED) is 0.211. The molecular formula is C39H40N4O5. The van der Waals surface area contributed by atoms with E-state index in [1.54, 1.807) is 13.2 Å². The molecule has 2 aliphatic heterocycles. The summed E-state index contributed by atoms with van der Waals surface area (Å²) in [6.07, 6.45) is 3.25. The number of carbonyl (C=O) groups is 3. The van der Waals surface area contributed by atoms with Crippen molar-refractivity contribution in [2.75, 3.05) is 19.0 Å². The SMILES string of the molecule is COc1ccc(NC(=O)NC2=CC(C(C)(C)C)=NC(Cc3cccc(C(=O)N4C(=O)OC[C@H]4c4ccccc4)c3)CC2)c2ccccc12. The molecule has 1 fully saturated rings. The molecular weight excluding hydrogens is 604 g/mol. The number of allylic oxidation sites excluding steroid dienone is 2. The maximum atomic E-state index is 13.6. The average Bonchev–Trinajstić information content (AvgIpc) is 3.35. The summed E-state index contributed by atoms with van der Waals surface area (Å²) in [7, 11) is 1.63. The van der Waals surface area contributed by atoms with Gasteiger partial charge in [-0.3, -0.25) is 9.79 Å². The number of fused-ring (bicyclic) bond motifs is 1. The zero-order valence-electron chi connectivity index (χ0n) is 27.7. The number of rotatable bonds is 7. The Bertz CT molecular complexity index is 1910. The largest absolute Gasteiger partial charge is 0.496 e. The second-order valence-corrected chi connectivity index (χ2v) is 13.1. The van der Waals surface area contributed by atoms with Crippen molar-refractivity contribution < 1.29 is 23.9 Å². The van der Waals surface area contributed by atoms with Gasteiger partial charge in [0.1, 0.15) is 18.4 Å². The van der Waals surface area contributed by atoms with Gasteiger partial charge in [-0.25, -0.2) is 14.5 Å². The van der Waals surface area contributed by atoms with Crippen LogP contribution in [0.15, 0.2) is 108 Å². The third-order valence-corrected chi connectivity index (χ3v) is 8.70. The maximum Gasteiger partial charge on any atom is 0.417 e. The molecule has 2 N–H and O–H groups in total. The van der Waals surface area contributed by atoms with E-state index in [0.29, 0.717) is 30.5 Å². The molecule has 9 heteroatoms. The molecule has 6 rings (SSSR count). The molecule has 1 saturated heterocycles. The van der Waals surface area contributed by atoms with Crippen LogP contribution in [0.2, 0.25) is 0 Å². The number of nitrogens with one attached hydrogen (secondary N) is 2. The first-order valence-corrected chi connectivity index (χ1v) is 16.2. The normalized spacial score (nSPS) is 18.0. The smallest absolute Gasteiger partial charge is 0.417 e. The van der Waals surface area contributed by atoms with Gasteiger partial charge in [0.05, 0.1) is 18.8 Å². The van der Waals surface area contributed by atoms with Gasteiger partial charge in [-0.05, 0) is 60.7 Å². The summed E-state index contributed by atoms with van der Waals surface area (Å²) in [6.45, 7) is 6.43. The lowest BCUT2D eigenvalue weighted by atomic mass is 9.89. The summed E-state index contributed by atoms with van der Waals surface area (Å²) in [4.78, 5) is 45.9. The lowest BCUT2D eigenvalue weighted by molar-refractivity contribution is 0.0774. The summed E-state index contributed by atoms with van der Waals surface area (Å²) in [6, 6.07) is 27.4. The van der Waals surface area contributed by atoms with E-state index in [2.05, 4.69) is 31.4 Å². The molecule has 2 atom stereocenters. The molecule has 2 heterocycles. The minimum absolute atomic E-state index is 0.0810. The van der Waals surface area contributed by atoms with Crippen LogP contribution in [0.4, 0.5) is 15.3 Å². The lowest BCUT2D eigenvalue weighted by Crippen LogP contribution is -2.34. The zero-order chi connectivity index (χ0) is 33.8. The number of aliphatic imine (C=N–C) groups is 1. The van der Waals surface area contributed by atoms with E-state index in [4.69, 9.17) is 14.5 Å². The van der Waals surface area contributed by atoms with E-state index in [1.807, 2.05) is 91.0 Å². The number of ether oxygens (including phenoxy) is 2. The van der Waals surface area contributed by atoms with Gasteiger partial charge in [-0.2, -0.15) is 0 Å². The molecule has 0 aromatic heterocycles. The second-order valence-electron chi connectivity index (χ2n) is 13.1. The highest BCUT2D eigenvalue weighted by molar-refractivity contribution is 6.05. The Hall–Kier alpha value is -5.44. The highest BCUT2D eigenvalue weighted by Gasteiger charge is 2.39. The Morgan fingerprint density at radius 3 is 2.44 bits per heavy atom. The number of carbonyl (C=O) groups excluding carboxylic acids is 3. The van der Waals surface area contributed by atoms with Gasteiger partial charge in [-0.1, -0.05) is 87.5 Å². The van der Waals surface area contributed by atoms with Crippen molar-refractivity contribution in [1.29, 1.82) is 0 Å². The predicted octanol–water partition coefficient (Wildman–Crippen LogP) is 8.08.